The molecule has 0 bridgehead atoms. The van der Waals surface area contributed by atoms with Crippen LogP contribution in [-0.2, 0) is 4.79 Å². The summed E-state index contributed by atoms with van der Waals surface area (Å²) in [6.07, 6.45) is 3.34. The van der Waals surface area contributed by atoms with Crippen molar-refractivity contribution in [2.75, 3.05) is 19.6 Å². The second kappa shape index (κ2) is 6.02. The van der Waals surface area contributed by atoms with Gasteiger partial charge in [0.1, 0.15) is 0 Å². The summed E-state index contributed by atoms with van der Waals surface area (Å²) in [5, 5.41) is 6.31. The first-order valence-electron chi connectivity index (χ1n) is 5.68. The highest BCUT2D eigenvalue weighted by Gasteiger charge is 2.19. The summed E-state index contributed by atoms with van der Waals surface area (Å²) in [7, 11) is 0. The molecule has 0 saturated carbocycles. The minimum atomic E-state index is 0.191. The Morgan fingerprint density at radius 1 is 1.50 bits per heavy atom. The van der Waals surface area contributed by atoms with E-state index < -0.39 is 0 Å². The zero-order valence-electron chi connectivity index (χ0n) is 9.31. The first kappa shape index (κ1) is 11.5. The van der Waals surface area contributed by atoms with Crippen molar-refractivity contribution in [3.05, 3.63) is 0 Å². The molecule has 82 valence electrons. The van der Waals surface area contributed by atoms with Crippen LogP contribution in [0.1, 0.15) is 33.1 Å². The molecular formula is C11H22N2O. The first-order chi connectivity index (χ1) is 6.70. The van der Waals surface area contributed by atoms with Crippen LogP contribution in [0.25, 0.3) is 0 Å². The Labute approximate surface area is 86.6 Å². The molecule has 0 spiro atoms. The van der Waals surface area contributed by atoms with Gasteiger partial charge in [0.25, 0.3) is 0 Å². The van der Waals surface area contributed by atoms with E-state index in [1.54, 1.807) is 0 Å². The molecule has 0 aromatic rings. The third-order valence-electron chi connectivity index (χ3n) is 2.59. The molecule has 1 fully saturated rings. The van der Waals surface area contributed by atoms with E-state index in [2.05, 4.69) is 24.5 Å². The smallest absolute Gasteiger partial charge is 0.224 e. The van der Waals surface area contributed by atoms with E-state index in [4.69, 9.17) is 0 Å². The maximum atomic E-state index is 11.5. The molecule has 1 aliphatic rings. The molecule has 3 nitrogen and oxygen atoms in total. The highest BCUT2D eigenvalue weighted by atomic mass is 16.1. The van der Waals surface area contributed by atoms with Crippen molar-refractivity contribution in [1.82, 2.24) is 10.6 Å². The van der Waals surface area contributed by atoms with Crippen LogP contribution in [0.15, 0.2) is 0 Å². The third-order valence-corrected chi connectivity index (χ3v) is 2.59. The Bertz CT molecular complexity index is 180. The van der Waals surface area contributed by atoms with Crippen LogP contribution in [0.2, 0.25) is 0 Å². The third kappa shape index (κ3) is 4.09. The molecule has 2 N–H and O–H groups in total. The molecule has 1 aliphatic heterocycles. The van der Waals surface area contributed by atoms with Crippen LogP contribution in [-0.4, -0.2) is 25.5 Å². The van der Waals surface area contributed by atoms with E-state index >= 15 is 0 Å². The highest BCUT2D eigenvalue weighted by molar-refractivity contribution is 5.79. The van der Waals surface area contributed by atoms with Crippen molar-refractivity contribution < 1.29 is 4.79 Å². The van der Waals surface area contributed by atoms with Gasteiger partial charge in [-0.25, -0.2) is 0 Å². The number of hydrogen-bond acceptors (Lipinski definition) is 2. The quantitative estimate of drug-likeness (QED) is 0.711. The summed E-state index contributed by atoms with van der Waals surface area (Å²) in [5.41, 5.74) is 0. The molecule has 1 amide bonds. The Morgan fingerprint density at radius 2 is 2.29 bits per heavy atom. The maximum absolute atomic E-state index is 11.5. The van der Waals surface area contributed by atoms with Crippen molar-refractivity contribution in [3.63, 3.8) is 0 Å². The second-order valence-electron chi connectivity index (χ2n) is 4.54. The molecule has 0 aromatic carbocycles. The molecule has 1 rings (SSSR count). The van der Waals surface area contributed by atoms with Gasteiger partial charge in [-0.1, -0.05) is 20.3 Å². The molecule has 14 heavy (non-hydrogen) atoms. The lowest BCUT2D eigenvalue weighted by Crippen LogP contribution is -2.36. The van der Waals surface area contributed by atoms with Crippen molar-refractivity contribution in [3.8, 4) is 0 Å². The van der Waals surface area contributed by atoms with Crippen LogP contribution < -0.4 is 10.6 Å². The molecule has 0 aliphatic carbocycles. The van der Waals surface area contributed by atoms with E-state index in [1.807, 2.05) is 0 Å². The minimum absolute atomic E-state index is 0.191. The average Bonchev–Trinajstić information content (AvgIpc) is 2.31. The van der Waals surface area contributed by atoms with E-state index in [9.17, 15) is 4.79 Å². The van der Waals surface area contributed by atoms with Crippen LogP contribution in [0.5, 0.6) is 0 Å². The van der Waals surface area contributed by atoms with Crippen LogP contribution in [0.4, 0.5) is 0 Å². The Balaban J connectivity index is 2.23. The predicted molar refractivity (Wildman–Crippen MR) is 58.1 cm³/mol. The standard InChI is InChI=1S/C11H22N2O/c1-9(2)7-12-8-10-5-3-4-6-13-11(10)14/h9-10,12H,3-8H2,1-2H3,(H,13,14). The second-order valence-corrected chi connectivity index (χ2v) is 4.54. The number of rotatable bonds is 4. The fourth-order valence-corrected chi connectivity index (χ4v) is 1.74. The Hall–Kier alpha value is -0.570. The highest BCUT2D eigenvalue weighted by Crippen LogP contribution is 2.11. The molecule has 1 saturated heterocycles. The lowest BCUT2D eigenvalue weighted by Gasteiger charge is -2.14. The van der Waals surface area contributed by atoms with Gasteiger partial charge in [0.05, 0.1) is 5.92 Å². The number of hydrogen-bond donors (Lipinski definition) is 2. The van der Waals surface area contributed by atoms with Gasteiger partial charge in [-0.2, -0.15) is 0 Å². The van der Waals surface area contributed by atoms with Gasteiger partial charge in [-0.05, 0) is 25.3 Å². The molecule has 0 radical (unpaired) electrons. The van der Waals surface area contributed by atoms with Crippen LogP contribution in [0, 0.1) is 11.8 Å². The van der Waals surface area contributed by atoms with Gasteiger partial charge in [-0.15, -0.1) is 0 Å². The van der Waals surface area contributed by atoms with Crippen molar-refractivity contribution in [1.29, 1.82) is 0 Å². The molecule has 0 aromatic heterocycles. The van der Waals surface area contributed by atoms with Gasteiger partial charge in [0, 0.05) is 13.1 Å². The monoisotopic (exact) mass is 198 g/mol. The molecule has 3 heteroatoms. The zero-order valence-corrected chi connectivity index (χ0v) is 9.31. The summed E-state index contributed by atoms with van der Waals surface area (Å²) in [6.45, 7) is 7.06. The van der Waals surface area contributed by atoms with Gasteiger partial charge in [-0.3, -0.25) is 4.79 Å². The fraction of sp³-hybridized carbons (Fsp3) is 0.909. The largest absolute Gasteiger partial charge is 0.356 e. The molecule has 1 unspecified atom stereocenters. The van der Waals surface area contributed by atoms with Crippen LogP contribution >= 0.6 is 0 Å². The average molecular weight is 198 g/mol. The van der Waals surface area contributed by atoms with Crippen molar-refractivity contribution in [2.24, 2.45) is 11.8 Å². The maximum Gasteiger partial charge on any atom is 0.224 e. The van der Waals surface area contributed by atoms with E-state index in [0.717, 1.165) is 32.5 Å². The fourth-order valence-electron chi connectivity index (χ4n) is 1.74. The van der Waals surface area contributed by atoms with Crippen molar-refractivity contribution in [2.45, 2.75) is 33.1 Å². The van der Waals surface area contributed by atoms with Gasteiger partial charge < -0.3 is 10.6 Å². The van der Waals surface area contributed by atoms with E-state index in [0.29, 0.717) is 5.92 Å². The first-order valence-corrected chi connectivity index (χ1v) is 5.68. The molecule has 1 heterocycles. The topological polar surface area (TPSA) is 41.1 Å². The lowest BCUT2D eigenvalue weighted by molar-refractivity contribution is -0.124. The summed E-state index contributed by atoms with van der Waals surface area (Å²) in [5.74, 6) is 1.08. The number of carbonyl (C=O) groups excluding carboxylic acids is 1. The molecular weight excluding hydrogens is 176 g/mol. The van der Waals surface area contributed by atoms with E-state index in [-0.39, 0.29) is 11.8 Å². The van der Waals surface area contributed by atoms with Crippen molar-refractivity contribution >= 4 is 5.91 Å². The lowest BCUT2D eigenvalue weighted by atomic mass is 10.0. The number of carbonyl (C=O) groups is 1. The Morgan fingerprint density at radius 3 is 3.00 bits per heavy atom. The zero-order chi connectivity index (χ0) is 10.4. The molecule has 1 atom stereocenters. The SMILES string of the molecule is CC(C)CNCC1CCCCNC1=O. The summed E-state index contributed by atoms with van der Waals surface area (Å²) >= 11 is 0. The van der Waals surface area contributed by atoms with Crippen LogP contribution in [0.3, 0.4) is 0 Å². The van der Waals surface area contributed by atoms with Gasteiger partial charge in [0.2, 0.25) is 5.91 Å². The number of amides is 1. The summed E-state index contributed by atoms with van der Waals surface area (Å²) < 4.78 is 0. The van der Waals surface area contributed by atoms with Gasteiger partial charge in [0.15, 0.2) is 0 Å². The minimum Gasteiger partial charge on any atom is -0.356 e. The summed E-state index contributed by atoms with van der Waals surface area (Å²) in [6, 6.07) is 0. The van der Waals surface area contributed by atoms with E-state index in [1.165, 1.54) is 6.42 Å². The van der Waals surface area contributed by atoms with Gasteiger partial charge >= 0.3 is 0 Å². The number of nitrogens with one attached hydrogen (secondary N) is 2. The summed E-state index contributed by atoms with van der Waals surface area (Å²) in [4.78, 5) is 11.5. The Kier molecular flexibility index (Phi) is 4.94. The predicted octanol–water partition coefficient (Wildman–Crippen LogP) is 1.15. The normalized spacial score (nSPS) is 23.4.